The maximum atomic E-state index is 13.2. The molecule has 2 aromatic rings. The highest BCUT2D eigenvalue weighted by Crippen LogP contribution is 2.26. The number of nitrogens with one attached hydrogen (secondary N) is 1. The summed E-state index contributed by atoms with van der Waals surface area (Å²) in [5.74, 6) is 3.41. The Labute approximate surface area is 299 Å². The average Bonchev–Trinajstić information content (AvgIpc) is 3.12. The van der Waals surface area contributed by atoms with Crippen molar-refractivity contribution in [3.05, 3.63) is 71.8 Å². The van der Waals surface area contributed by atoms with E-state index in [-0.39, 0.29) is 17.5 Å². The van der Waals surface area contributed by atoms with Crippen LogP contribution in [0.3, 0.4) is 0 Å². The normalized spacial score (nSPS) is 16.4. The second kappa shape index (κ2) is 18.8. The summed E-state index contributed by atoms with van der Waals surface area (Å²) < 4.78 is 10.9. The highest BCUT2D eigenvalue weighted by atomic mass is 32.2. The van der Waals surface area contributed by atoms with Crippen LogP contribution in [0.5, 0.6) is 0 Å². The van der Waals surface area contributed by atoms with Crippen molar-refractivity contribution in [2.24, 2.45) is 0 Å². The molecule has 262 valence electrons. The molecule has 2 saturated heterocycles. The second-order valence-corrected chi connectivity index (χ2v) is 16.4. The number of hydrogen-bond donors (Lipinski definition) is 1. The highest BCUT2D eigenvalue weighted by molar-refractivity contribution is 8.00. The van der Waals surface area contributed by atoms with Crippen molar-refractivity contribution in [2.75, 3.05) is 82.2 Å². The maximum Gasteiger partial charge on any atom is 0.247 e. The first-order valence-corrected chi connectivity index (χ1v) is 19.9. The van der Waals surface area contributed by atoms with Crippen LogP contribution in [0.25, 0.3) is 0 Å². The summed E-state index contributed by atoms with van der Waals surface area (Å²) >= 11 is 5.16. The van der Waals surface area contributed by atoms with Crippen LogP contribution in [0.2, 0.25) is 0 Å². The van der Waals surface area contributed by atoms with Gasteiger partial charge in [0, 0.05) is 70.7 Å². The van der Waals surface area contributed by atoms with Crippen LogP contribution in [0.15, 0.2) is 70.5 Å². The van der Waals surface area contributed by atoms with Crippen molar-refractivity contribution in [1.82, 2.24) is 15.1 Å². The number of carbonyl (C=O) groups excluding carboxylic acids is 3. The first kappa shape index (κ1) is 38.7. The largest absolute Gasteiger partial charge is 0.379 e. The Hall–Kier alpha value is -2.12. The number of ether oxygens (including phenoxy) is 2. The standard InChI is InChI=1S/C37H51N3O5S3/c1-28(27-46-24-6-25-47-31-11-7-29(8-12-31)33(41)36(2,3)39-16-20-44-21-17-39)35(43)38-15-26-48-32-13-9-30(10-14-32)34(42)37(4,5)40-18-22-45-23-19-40/h7-14H,1,6,15-27H2,2-5H3,(H,38,43). The number of nitrogens with zero attached hydrogens (tertiary/aromatic N) is 2. The van der Waals surface area contributed by atoms with Gasteiger partial charge in [-0.3, -0.25) is 24.2 Å². The highest BCUT2D eigenvalue weighted by Gasteiger charge is 2.37. The number of morpholine rings is 2. The Morgan fingerprint density at radius 3 is 1.60 bits per heavy atom. The van der Waals surface area contributed by atoms with Gasteiger partial charge in [-0.15, -0.1) is 23.5 Å². The topological polar surface area (TPSA) is 88.2 Å². The van der Waals surface area contributed by atoms with Gasteiger partial charge in [0.05, 0.1) is 37.5 Å². The van der Waals surface area contributed by atoms with Crippen molar-refractivity contribution < 1.29 is 23.9 Å². The predicted molar refractivity (Wildman–Crippen MR) is 200 cm³/mol. The van der Waals surface area contributed by atoms with E-state index in [1.165, 1.54) is 0 Å². The molecule has 0 radical (unpaired) electrons. The van der Waals surface area contributed by atoms with Gasteiger partial charge in [-0.1, -0.05) is 30.8 Å². The molecule has 0 aliphatic carbocycles. The van der Waals surface area contributed by atoms with Gasteiger partial charge in [-0.25, -0.2) is 0 Å². The maximum absolute atomic E-state index is 13.2. The van der Waals surface area contributed by atoms with Crippen LogP contribution in [-0.2, 0) is 14.3 Å². The molecular weight excluding hydrogens is 663 g/mol. The molecule has 1 amide bonds. The van der Waals surface area contributed by atoms with Crippen molar-refractivity contribution in [3.8, 4) is 0 Å². The van der Waals surface area contributed by atoms with E-state index < -0.39 is 11.1 Å². The SMILES string of the molecule is C=C(CSCCCSc1ccc(C(=O)C(C)(C)N2CCOCC2)cc1)C(=O)NCCSc1ccc(C(=O)C(C)(C)N2CCOCC2)cc1. The van der Waals surface area contributed by atoms with Crippen LogP contribution in [-0.4, -0.2) is 121 Å². The summed E-state index contributed by atoms with van der Waals surface area (Å²) in [5.41, 5.74) is 0.924. The van der Waals surface area contributed by atoms with Crippen LogP contribution >= 0.6 is 35.3 Å². The molecule has 2 heterocycles. The smallest absolute Gasteiger partial charge is 0.247 e. The Bertz CT molecular complexity index is 1370. The number of carbonyl (C=O) groups is 3. The Morgan fingerprint density at radius 2 is 1.15 bits per heavy atom. The number of thioether (sulfide) groups is 3. The first-order valence-electron chi connectivity index (χ1n) is 16.7. The fourth-order valence-corrected chi connectivity index (χ4v) is 8.39. The minimum Gasteiger partial charge on any atom is -0.379 e. The van der Waals surface area contributed by atoms with Gasteiger partial charge >= 0.3 is 0 Å². The molecule has 2 fully saturated rings. The minimum atomic E-state index is -0.569. The van der Waals surface area contributed by atoms with Gasteiger partial charge in [0.1, 0.15) is 0 Å². The summed E-state index contributed by atoms with van der Waals surface area (Å²) in [6.07, 6.45) is 1.01. The van der Waals surface area contributed by atoms with E-state index in [1.807, 2.05) is 76.2 Å². The van der Waals surface area contributed by atoms with Crippen molar-refractivity contribution >= 4 is 52.8 Å². The van der Waals surface area contributed by atoms with Crippen molar-refractivity contribution in [1.29, 1.82) is 0 Å². The zero-order chi connectivity index (χ0) is 34.6. The van der Waals surface area contributed by atoms with Gasteiger partial charge < -0.3 is 14.8 Å². The zero-order valence-electron chi connectivity index (χ0n) is 28.9. The van der Waals surface area contributed by atoms with Crippen LogP contribution in [0.4, 0.5) is 0 Å². The lowest BCUT2D eigenvalue weighted by Gasteiger charge is -2.39. The van der Waals surface area contributed by atoms with E-state index in [0.717, 1.165) is 65.2 Å². The molecule has 0 saturated carbocycles. The van der Waals surface area contributed by atoms with Gasteiger partial charge in [0.2, 0.25) is 5.91 Å². The molecule has 0 aromatic heterocycles. The lowest BCUT2D eigenvalue weighted by Crippen LogP contribution is -2.54. The van der Waals surface area contributed by atoms with E-state index >= 15 is 0 Å². The number of hydrogen-bond acceptors (Lipinski definition) is 10. The lowest BCUT2D eigenvalue weighted by molar-refractivity contribution is -0.117. The second-order valence-electron chi connectivity index (χ2n) is 13.0. The number of amides is 1. The predicted octanol–water partition coefficient (Wildman–Crippen LogP) is 5.95. The monoisotopic (exact) mass is 713 g/mol. The molecule has 2 aliphatic heterocycles. The minimum absolute atomic E-state index is 0.102. The van der Waals surface area contributed by atoms with E-state index in [9.17, 15) is 14.4 Å². The Morgan fingerprint density at radius 1 is 0.708 bits per heavy atom. The summed E-state index contributed by atoms with van der Waals surface area (Å²) in [5, 5.41) is 2.97. The summed E-state index contributed by atoms with van der Waals surface area (Å²) in [6, 6.07) is 15.7. The first-order chi connectivity index (χ1) is 23.0. The molecule has 2 aliphatic rings. The fraction of sp³-hybridized carbons (Fsp3) is 0.541. The number of ketones is 2. The molecule has 48 heavy (non-hydrogen) atoms. The van der Waals surface area contributed by atoms with Crippen molar-refractivity contribution in [2.45, 2.75) is 55.0 Å². The van der Waals surface area contributed by atoms with Crippen LogP contribution in [0.1, 0.15) is 54.8 Å². The van der Waals surface area contributed by atoms with Crippen LogP contribution < -0.4 is 5.32 Å². The average molecular weight is 714 g/mol. The van der Waals surface area contributed by atoms with Gasteiger partial charge in [0.15, 0.2) is 11.6 Å². The Kier molecular flexibility index (Phi) is 15.1. The molecular formula is C37H51N3O5S3. The third-order valence-electron chi connectivity index (χ3n) is 8.90. The molecule has 0 bridgehead atoms. The summed E-state index contributed by atoms with van der Waals surface area (Å²) in [6.45, 7) is 18.2. The zero-order valence-corrected chi connectivity index (χ0v) is 31.3. The van der Waals surface area contributed by atoms with Crippen LogP contribution in [0, 0.1) is 0 Å². The fourth-order valence-electron chi connectivity index (χ4n) is 5.71. The molecule has 8 nitrogen and oxygen atoms in total. The molecule has 1 N–H and O–H groups in total. The molecule has 0 spiro atoms. The quantitative estimate of drug-likeness (QED) is 0.0866. The van der Waals surface area contributed by atoms with Gasteiger partial charge in [0.25, 0.3) is 0 Å². The third kappa shape index (κ3) is 10.9. The van der Waals surface area contributed by atoms with Crippen molar-refractivity contribution in [3.63, 3.8) is 0 Å². The van der Waals surface area contributed by atoms with E-state index in [0.29, 0.717) is 49.9 Å². The van der Waals surface area contributed by atoms with E-state index in [2.05, 4.69) is 21.7 Å². The molecule has 4 rings (SSSR count). The summed E-state index contributed by atoms with van der Waals surface area (Å²) in [4.78, 5) is 45.5. The third-order valence-corrected chi connectivity index (χ3v) is 12.1. The summed E-state index contributed by atoms with van der Waals surface area (Å²) in [7, 11) is 0. The molecule has 0 atom stereocenters. The Balaban J connectivity index is 1.06. The lowest BCUT2D eigenvalue weighted by atomic mass is 9.91. The van der Waals surface area contributed by atoms with E-state index in [1.54, 1.807) is 35.3 Å². The number of benzene rings is 2. The molecule has 11 heteroatoms. The number of rotatable bonds is 18. The van der Waals surface area contributed by atoms with Gasteiger partial charge in [-0.2, -0.15) is 11.8 Å². The molecule has 0 unspecified atom stereocenters. The van der Waals surface area contributed by atoms with Gasteiger partial charge in [-0.05, 0) is 69.9 Å². The van der Waals surface area contributed by atoms with E-state index in [4.69, 9.17) is 9.47 Å². The number of Topliss-reactive ketones (excluding diaryl/α,β-unsaturated/α-hetero) is 2. The molecule has 2 aromatic carbocycles.